The van der Waals surface area contributed by atoms with Crippen LogP contribution in [0.2, 0.25) is 5.02 Å². The van der Waals surface area contributed by atoms with Crippen molar-refractivity contribution < 1.29 is 4.39 Å². The van der Waals surface area contributed by atoms with Gasteiger partial charge in [0.2, 0.25) is 0 Å². The molecule has 0 amide bonds. The lowest BCUT2D eigenvalue weighted by Gasteiger charge is -2.18. The van der Waals surface area contributed by atoms with Gasteiger partial charge in [-0.05, 0) is 61.7 Å². The molecule has 0 aromatic heterocycles. The Labute approximate surface area is 124 Å². The first-order valence-electron chi connectivity index (χ1n) is 6.69. The fourth-order valence-electron chi connectivity index (χ4n) is 2.47. The number of hydrogen-bond acceptors (Lipinski definition) is 1. The highest BCUT2D eigenvalue weighted by molar-refractivity contribution is 6.30. The molecule has 3 heteroatoms. The second kappa shape index (κ2) is 6.38. The molecule has 0 saturated carbocycles. The minimum Gasteiger partial charge on any atom is -0.313 e. The maximum Gasteiger partial charge on any atom is 0.129 e. The Hall–Kier alpha value is -1.38. The minimum atomic E-state index is -0.119. The molecule has 1 unspecified atom stereocenters. The monoisotopic (exact) mass is 291 g/mol. The fourth-order valence-corrected chi connectivity index (χ4v) is 2.68. The van der Waals surface area contributed by atoms with Gasteiger partial charge in [-0.2, -0.15) is 0 Å². The third-order valence-electron chi connectivity index (χ3n) is 3.54. The normalized spacial score (nSPS) is 12.4. The summed E-state index contributed by atoms with van der Waals surface area (Å²) in [5.41, 5.74) is 3.64. The van der Waals surface area contributed by atoms with Crippen LogP contribution < -0.4 is 5.32 Å². The molecule has 0 heterocycles. The summed E-state index contributed by atoms with van der Waals surface area (Å²) in [5.74, 6) is -0.119. The summed E-state index contributed by atoms with van der Waals surface area (Å²) in [5, 5.41) is 4.03. The lowest BCUT2D eigenvalue weighted by molar-refractivity contribution is 0.579. The van der Waals surface area contributed by atoms with Crippen molar-refractivity contribution in [2.45, 2.75) is 26.3 Å². The Bertz CT molecular complexity index is 587. The van der Waals surface area contributed by atoms with E-state index in [4.69, 9.17) is 11.6 Å². The van der Waals surface area contributed by atoms with Crippen LogP contribution in [0.4, 0.5) is 4.39 Å². The van der Waals surface area contributed by atoms with E-state index >= 15 is 0 Å². The van der Waals surface area contributed by atoms with Crippen LogP contribution in [0.5, 0.6) is 0 Å². The average molecular weight is 292 g/mol. The van der Waals surface area contributed by atoms with Gasteiger partial charge >= 0.3 is 0 Å². The zero-order valence-electron chi connectivity index (χ0n) is 12.0. The van der Waals surface area contributed by atoms with E-state index in [9.17, 15) is 4.39 Å². The van der Waals surface area contributed by atoms with Gasteiger partial charge in [-0.3, -0.25) is 0 Å². The van der Waals surface area contributed by atoms with Crippen molar-refractivity contribution in [1.82, 2.24) is 5.32 Å². The predicted octanol–water partition coefficient (Wildman–Crippen LogP) is 4.60. The number of halogens is 2. The average Bonchev–Trinajstić information content (AvgIpc) is 2.41. The zero-order valence-corrected chi connectivity index (χ0v) is 12.8. The van der Waals surface area contributed by atoms with Crippen molar-refractivity contribution in [3.63, 3.8) is 0 Å². The molecule has 20 heavy (non-hydrogen) atoms. The molecule has 1 atom stereocenters. The van der Waals surface area contributed by atoms with Crippen LogP contribution in [0.25, 0.3) is 0 Å². The number of likely N-dealkylation sites (N-methyl/N-ethyl adjacent to an activating group) is 1. The summed E-state index contributed by atoms with van der Waals surface area (Å²) in [6, 6.07) is 11.8. The highest BCUT2D eigenvalue weighted by atomic mass is 35.5. The summed E-state index contributed by atoms with van der Waals surface area (Å²) < 4.78 is 13.7. The zero-order chi connectivity index (χ0) is 14.7. The molecule has 2 aromatic rings. The fraction of sp³-hybridized carbons (Fsp3) is 0.294. The van der Waals surface area contributed by atoms with E-state index < -0.39 is 0 Å². The Morgan fingerprint density at radius 3 is 2.35 bits per heavy atom. The summed E-state index contributed by atoms with van der Waals surface area (Å²) in [6.07, 6.45) is 0.821. The first-order valence-corrected chi connectivity index (χ1v) is 7.07. The van der Waals surface area contributed by atoms with Gasteiger partial charge in [0.1, 0.15) is 5.82 Å². The first-order chi connectivity index (χ1) is 9.51. The molecule has 0 radical (unpaired) electrons. The Kier molecular flexibility index (Phi) is 4.79. The van der Waals surface area contributed by atoms with Gasteiger partial charge in [0.15, 0.2) is 0 Å². The Balaban J connectivity index is 2.29. The van der Waals surface area contributed by atoms with Crippen LogP contribution in [0.3, 0.4) is 0 Å². The third kappa shape index (κ3) is 3.38. The van der Waals surface area contributed by atoms with Gasteiger partial charge < -0.3 is 5.32 Å². The summed E-state index contributed by atoms with van der Waals surface area (Å²) in [6.45, 7) is 3.61. The highest BCUT2D eigenvalue weighted by Gasteiger charge is 2.13. The quantitative estimate of drug-likeness (QED) is 0.868. The molecule has 0 aliphatic rings. The molecule has 0 bridgehead atoms. The van der Waals surface area contributed by atoms with Gasteiger partial charge in [-0.15, -0.1) is 0 Å². The Morgan fingerprint density at radius 2 is 1.80 bits per heavy atom. The van der Waals surface area contributed by atoms with Gasteiger partial charge in [0.05, 0.1) is 0 Å². The molecule has 0 aliphatic heterocycles. The van der Waals surface area contributed by atoms with E-state index in [0.29, 0.717) is 11.1 Å². The predicted molar refractivity (Wildman–Crippen MR) is 82.8 cm³/mol. The number of hydrogen-bond donors (Lipinski definition) is 1. The maximum absolute atomic E-state index is 13.7. The Morgan fingerprint density at radius 1 is 1.15 bits per heavy atom. The lowest BCUT2D eigenvalue weighted by atomic mass is 9.96. The SMILES string of the molecule is CNC(Cc1cccc(Cl)c1)c1cc(C)c(F)c(C)c1. The smallest absolute Gasteiger partial charge is 0.129 e. The van der Waals surface area contributed by atoms with Crippen LogP contribution in [-0.4, -0.2) is 7.05 Å². The molecule has 0 spiro atoms. The van der Waals surface area contributed by atoms with E-state index in [1.54, 1.807) is 13.8 Å². The van der Waals surface area contributed by atoms with Crippen LogP contribution in [0.1, 0.15) is 28.3 Å². The molecular formula is C17H19ClFN. The molecule has 0 fully saturated rings. The van der Waals surface area contributed by atoms with E-state index in [0.717, 1.165) is 22.6 Å². The van der Waals surface area contributed by atoms with E-state index in [2.05, 4.69) is 11.4 Å². The van der Waals surface area contributed by atoms with E-state index in [1.807, 2.05) is 37.4 Å². The van der Waals surface area contributed by atoms with Gasteiger partial charge in [-0.25, -0.2) is 4.39 Å². The van der Waals surface area contributed by atoms with Crippen molar-refractivity contribution in [1.29, 1.82) is 0 Å². The molecule has 2 aromatic carbocycles. The second-order valence-corrected chi connectivity index (χ2v) is 5.58. The van der Waals surface area contributed by atoms with Crippen molar-refractivity contribution in [2.24, 2.45) is 0 Å². The molecule has 0 saturated heterocycles. The van der Waals surface area contributed by atoms with Crippen molar-refractivity contribution in [3.05, 3.63) is 69.5 Å². The van der Waals surface area contributed by atoms with Crippen molar-refractivity contribution >= 4 is 11.6 Å². The van der Waals surface area contributed by atoms with Crippen molar-refractivity contribution in [2.75, 3.05) is 7.05 Å². The van der Waals surface area contributed by atoms with E-state index in [-0.39, 0.29) is 11.9 Å². The van der Waals surface area contributed by atoms with Crippen molar-refractivity contribution in [3.8, 4) is 0 Å². The van der Waals surface area contributed by atoms with Gasteiger partial charge in [-0.1, -0.05) is 35.9 Å². The largest absolute Gasteiger partial charge is 0.313 e. The van der Waals surface area contributed by atoms with Crippen LogP contribution in [0.15, 0.2) is 36.4 Å². The molecule has 106 valence electrons. The minimum absolute atomic E-state index is 0.119. The van der Waals surface area contributed by atoms with E-state index in [1.165, 1.54) is 0 Å². The first kappa shape index (κ1) is 15.0. The number of aryl methyl sites for hydroxylation is 2. The highest BCUT2D eigenvalue weighted by Crippen LogP contribution is 2.24. The van der Waals surface area contributed by atoms with Crippen LogP contribution >= 0.6 is 11.6 Å². The van der Waals surface area contributed by atoms with Gasteiger partial charge in [0.25, 0.3) is 0 Å². The topological polar surface area (TPSA) is 12.0 Å². The maximum atomic E-state index is 13.7. The number of benzene rings is 2. The molecule has 1 nitrogen and oxygen atoms in total. The number of nitrogens with one attached hydrogen (secondary N) is 1. The van der Waals surface area contributed by atoms with Crippen LogP contribution in [-0.2, 0) is 6.42 Å². The van der Waals surface area contributed by atoms with Gasteiger partial charge in [0, 0.05) is 11.1 Å². The molecule has 0 aliphatic carbocycles. The summed E-state index contributed by atoms with van der Waals surface area (Å²) >= 11 is 6.02. The molecular weight excluding hydrogens is 273 g/mol. The molecule has 1 N–H and O–H groups in total. The lowest BCUT2D eigenvalue weighted by Crippen LogP contribution is -2.19. The third-order valence-corrected chi connectivity index (χ3v) is 3.77. The standard InChI is InChI=1S/C17H19ClFN/c1-11-7-14(8-12(2)17(11)19)16(20-3)10-13-5-4-6-15(18)9-13/h4-9,16,20H,10H2,1-3H3. The second-order valence-electron chi connectivity index (χ2n) is 5.14. The summed E-state index contributed by atoms with van der Waals surface area (Å²) in [4.78, 5) is 0. The summed E-state index contributed by atoms with van der Waals surface area (Å²) in [7, 11) is 1.92. The number of rotatable bonds is 4. The molecule has 2 rings (SSSR count). The van der Waals surface area contributed by atoms with Crippen LogP contribution in [0, 0.1) is 19.7 Å².